The van der Waals surface area contributed by atoms with E-state index in [1.165, 1.54) is 5.56 Å². The zero-order valence-corrected chi connectivity index (χ0v) is 18.4. The summed E-state index contributed by atoms with van der Waals surface area (Å²) in [6, 6.07) is 15.7. The Balaban J connectivity index is 1.46. The molecule has 164 valence electrons. The fourth-order valence-corrected chi connectivity index (χ4v) is 3.39. The van der Waals surface area contributed by atoms with E-state index in [1.54, 1.807) is 17.2 Å². The summed E-state index contributed by atoms with van der Waals surface area (Å²) in [6.07, 6.45) is 5.82. The number of aromatic nitrogens is 6. The van der Waals surface area contributed by atoms with Gasteiger partial charge < -0.3 is 5.32 Å². The summed E-state index contributed by atoms with van der Waals surface area (Å²) < 4.78 is 1.82. The summed E-state index contributed by atoms with van der Waals surface area (Å²) in [5.74, 6) is 1.44. The van der Waals surface area contributed by atoms with E-state index < -0.39 is 0 Å². The van der Waals surface area contributed by atoms with Gasteiger partial charge in [0.25, 0.3) is 5.91 Å². The van der Waals surface area contributed by atoms with Gasteiger partial charge in [0.15, 0.2) is 11.6 Å². The monoisotopic (exact) mass is 429 g/mol. The molecule has 0 aliphatic carbocycles. The molecule has 8 nitrogen and oxygen atoms in total. The lowest BCUT2D eigenvalue weighted by atomic mass is 10.1. The van der Waals surface area contributed by atoms with E-state index in [-0.39, 0.29) is 5.91 Å². The summed E-state index contributed by atoms with van der Waals surface area (Å²) in [7, 11) is 0. The van der Waals surface area contributed by atoms with Gasteiger partial charge in [-0.1, -0.05) is 42.8 Å². The van der Waals surface area contributed by atoms with Gasteiger partial charge in [-0.05, 0) is 38.0 Å². The fourth-order valence-electron chi connectivity index (χ4n) is 3.39. The van der Waals surface area contributed by atoms with Crippen molar-refractivity contribution in [1.82, 2.24) is 35.1 Å². The second-order valence-electron chi connectivity index (χ2n) is 7.62. The molecule has 0 aliphatic rings. The van der Waals surface area contributed by atoms with E-state index in [0.29, 0.717) is 12.1 Å². The van der Waals surface area contributed by atoms with Crippen LogP contribution in [0.25, 0.3) is 17.1 Å². The molecule has 0 spiro atoms. The van der Waals surface area contributed by atoms with Crippen LogP contribution in [0.2, 0.25) is 0 Å². The largest absolute Gasteiger partial charge is 0.352 e. The number of aryl methyl sites for hydroxylation is 3. The highest BCUT2D eigenvalue weighted by Gasteiger charge is 2.14. The highest BCUT2D eigenvalue weighted by atomic mass is 16.1. The lowest BCUT2D eigenvalue weighted by Crippen LogP contribution is -2.24. The van der Waals surface area contributed by atoms with Gasteiger partial charge in [0.1, 0.15) is 0 Å². The Kier molecular flexibility index (Phi) is 6.69. The lowest BCUT2D eigenvalue weighted by molar-refractivity contribution is 0.0953. The minimum absolute atomic E-state index is 0.100. The van der Waals surface area contributed by atoms with Crippen LogP contribution in [-0.4, -0.2) is 42.2 Å². The number of nitrogens with zero attached hydrogens (tertiary/aromatic N) is 6. The Morgan fingerprint density at radius 1 is 1.03 bits per heavy atom. The van der Waals surface area contributed by atoms with Crippen LogP contribution in [0.5, 0.6) is 0 Å². The molecule has 32 heavy (non-hydrogen) atoms. The van der Waals surface area contributed by atoms with Crippen molar-refractivity contribution in [2.24, 2.45) is 0 Å². The van der Waals surface area contributed by atoms with Gasteiger partial charge in [0, 0.05) is 24.1 Å². The molecule has 0 atom stereocenters. The second-order valence-corrected chi connectivity index (χ2v) is 7.62. The fraction of sp³-hybridized carbons (Fsp3) is 0.292. The van der Waals surface area contributed by atoms with Crippen LogP contribution in [0.3, 0.4) is 0 Å². The lowest BCUT2D eigenvalue weighted by Gasteiger charge is -2.09. The van der Waals surface area contributed by atoms with Crippen molar-refractivity contribution in [2.45, 2.75) is 39.7 Å². The second kappa shape index (κ2) is 10.00. The number of rotatable bonds is 9. The van der Waals surface area contributed by atoms with Gasteiger partial charge in [0.2, 0.25) is 0 Å². The molecular weight excluding hydrogens is 402 g/mol. The van der Waals surface area contributed by atoms with Crippen molar-refractivity contribution in [2.75, 3.05) is 6.54 Å². The molecule has 0 aliphatic heterocycles. The number of amides is 1. The van der Waals surface area contributed by atoms with Crippen LogP contribution in [-0.2, 0) is 13.0 Å². The van der Waals surface area contributed by atoms with Gasteiger partial charge in [-0.25, -0.2) is 9.67 Å². The zero-order valence-electron chi connectivity index (χ0n) is 18.4. The Bertz CT molecular complexity index is 1160. The van der Waals surface area contributed by atoms with Crippen molar-refractivity contribution in [3.05, 3.63) is 77.9 Å². The minimum Gasteiger partial charge on any atom is -0.352 e. The molecular formula is C24H27N7O. The standard InChI is InChI=1S/C24H27N7O/c1-3-22-28-23(19-11-9-18(2)10-12-19)31(29-22)21-8-6-7-20(17-21)24(32)25-13-4-5-16-30-26-14-15-27-30/h6-12,14-15,17H,3-5,13,16H2,1-2H3,(H,25,32). The third-order valence-corrected chi connectivity index (χ3v) is 5.17. The molecule has 0 unspecified atom stereocenters. The first-order valence-electron chi connectivity index (χ1n) is 10.9. The van der Waals surface area contributed by atoms with Gasteiger partial charge in [0.05, 0.1) is 24.6 Å². The third-order valence-electron chi connectivity index (χ3n) is 5.17. The molecule has 0 saturated heterocycles. The van der Waals surface area contributed by atoms with Crippen LogP contribution < -0.4 is 5.32 Å². The highest BCUT2D eigenvalue weighted by molar-refractivity contribution is 5.94. The summed E-state index contributed by atoms with van der Waals surface area (Å²) in [5, 5.41) is 15.8. The quantitative estimate of drug-likeness (QED) is 0.411. The number of hydrogen-bond acceptors (Lipinski definition) is 5. The summed E-state index contributed by atoms with van der Waals surface area (Å²) >= 11 is 0. The van der Waals surface area contributed by atoms with Crippen molar-refractivity contribution in [3.63, 3.8) is 0 Å². The van der Waals surface area contributed by atoms with E-state index in [4.69, 9.17) is 4.98 Å². The van der Waals surface area contributed by atoms with E-state index in [1.807, 2.05) is 48.0 Å². The number of hydrogen-bond donors (Lipinski definition) is 1. The predicted molar refractivity (Wildman–Crippen MR) is 122 cm³/mol. The van der Waals surface area contributed by atoms with Crippen LogP contribution in [0.15, 0.2) is 60.9 Å². The molecule has 1 N–H and O–H groups in total. The topological polar surface area (TPSA) is 90.5 Å². The van der Waals surface area contributed by atoms with E-state index in [2.05, 4.69) is 39.7 Å². The molecule has 8 heteroatoms. The number of unbranched alkanes of at least 4 members (excludes halogenated alkanes) is 1. The van der Waals surface area contributed by atoms with E-state index in [9.17, 15) is 4.79 Å². The predicted octanol–water partition coefficient (Wildman–Crippen LogP) is 3.61. The van der Waals surface area contributed by atoms with Gasteiger partial charge in [-0.15, -0.1) is 0 Å². The van der Waals surface area contributed by atoms with Crippen LogP contribution >= 0.6 is 0 Å². The van der Waals surface area contributed by atoms with Gasteiger partial charge in [-0.3, -0.25) is 4.79 Å². The van der Waals surface area contributed by atoms with E-state index >= 15 is 0 Å². The maximum absolute atomic E-state index is 12.7. The molecule has 0 saturated carbocycles. The van der Waals surface area contributed by atoms with Crippen molar-refractivity contribution in [3.8, 4) is 17.1 Å². The highest BCUT2D eigenvalue weighted by Crippen LogP contribution is 2.22. The Morgan fingerprint density at radius 2 is 1.81 bits per heavy atom. The molecule has 4 rings (SSSR count). The molecule has 2 aromatic carbocycles. The first kappa shape index (κ1) is 21.4. The molecule has 0 bridgehead atoms. The third kappa shape index (κ3) is 5.08. The van der Waals surface area contributed by atoms with Crippen molar-refractivity contribution in [1.29, 1.82) is 0 Å². The molecule has 2 aromatic heterocycles. The average molecular weight is 430 g/mol. The molecule has 0 radical (unpaired) electrons. The molecule has 4 aromatic rings. The average Bonchev–Trinajstić information content (AvgIpc) is 3.49. The van der Waals surface area contributed by atoms with E-state index in [0.717, 1.165) is 48.7 Å². The number of carbonyl (C=O) groups excluding carboxylic acids is 1. The molecule has 0 fully saturated rings. The first-order chi connectivity index (χ1) is 15.6. The number of carbonyl (C=O) groups is 1. The maximum Gasteiger partial charge on any atom is 0.251 e. The minimum atomic E-state index is -0.100. The van der Waals surface area contributed by atoms with Crippen molar-refractivity contribution < 1.29 is 4.79 Å². The smallest absolute Gasteiger partial charge is 0.251 e. The van der Waals surface area contributed by atoms with Crippen LogP contribution in [0.1, 0.15) is 41.5 Å². The van der Waals surface area contributed by atoms with Crippen LogP contribution in [0, 0.1) is 6.92 Å². The van der Waals surface area contributed by atoms with Crippen LogP contribution in [0.4, 0.5) is 0 Å². The van der Waals surface area contributed by atoms with Gasteiger partial charge >= 0.3 is 0 Å². The Labute approximate surface area is 187 Å². The first-order valence-corrected chi connectivity index (χ1v) is 10.9. The number of benzene rings is 2. The molecule has 2 heterocycles. The summed E-state index contributed by atoms with van der Waals surface area (Å²) in [4.78, 5) is 19.0. The SMILES string of the molecule is CCc1nc(-c2ccc(C)cc2)n(-c2cccc(C(=O)NCCCCn3nccn3)c2)n1. The Morgan fingerprint density at radius 3 is 2.56 bits per heavy atom. The van der Waals surface area contributed by atoms with Gasteiger partial charge in [-0.2, -0.15) is 20.1 Å². The Hall–Kier alpha value is -3.81. The van der Waals surface area contributed by atoms with Crippen molar-refractivity contribution >= 4 is 5.91 Å². The zero-order chi connectivity index (χ0) is 22.3. The number of nitrogens with one attached hydrogen (secondary N) is 1. The molecule has 1 amide bonds. The normalized spacial score (nSPS) is 10.9. The summed E-state index contributed by atoms with van der Waals surface area (Å²) in [6.45, 7) is 5.43. The summed E-state index contributed by atoms with van der Waals surface area (Å²) in [5.41, 5.74) is 3.59. The maximum atomic E-state index is 12.7.